The molecule has 12 heteroatoms. The second kappa shape index (κ2) is 18.1. The van der Waals surface area contributed by atoms with Gasteiger partial charge >= 0.3 is 24.4 Å². The van der Waals surface area contributed by atoms with Gasteiger partial charge in [0.1, 0.15) is 18.8 Å². The highest BCUT2D eigenvalue weighted by Gasteiger charge is 2.23. The Hall–Kier alpha value is -3.54. The molecule has 0 radical (unpaired) electrons. The smallest absolute Gasteiger partial charge is 0.458 e. The van der Waals surface area contributed by atoms with Crippen LogP contribution in [0.5, 0.6) is 11.5 Å². The number of nitrogens with two attached hydrogens (primary N) is 1. The van der Waals surface area contributed by atoms with Crippen molar-refractivity contribution in [2.24, 2.45) is 23.0 Å². The topological polar surface area (TPSA) is 159 Å². The maximum absolute atomic E-state index is 12.5. The lowest BCUT2D eigenvalue weighted by Gasteiger charge is -2.19. The predicted octanol–water partition coefficient (Wildman–Crippen LogP) is 5.81. The second-order valence-electron chi connectivity index (χ2n) is 12.0. The van der Waals surface area contributed by atoms with Gasteiger partial charge in [-0.25, -0.2) is 14.4 Å². The zero-order valence-corrected chi connectivity index (χ0v) is 26.1. The van der Waals surface area contributed by atoms with Gasteiger partial charge in [-0.3, -0.25) is 4.79 Å². The summed E-state index contributed by atoms with van der Waals surface area (Å²) in [6.45, 7) is 15.5. The van der Waals surface area contributed by atoms with Crippen LogP contribution in [0, 0.1) is 17.3 Å². The number of esters is 1. The number of hydrogen-bond acceptors (Lipinski definition) is 12. The molecule has 2 N–H and O–H groups in total. The summed E-state index contributed by atoms with van der Waals surface area (Å²) in [5, 5.41) is 0. The molecule has 1 aromatic rings. The molecule has 0 saturated heterocycles. The Morgan fingerprint density at radius 1 is 0.762 bits per heavy atom. The van der Waals surface area contributed by atoms with Crippen molar-refractivity contribution < 1.29 is 52.3 Å². The zero-order valence-electron chi connectivity index (χ0n) is 26.1. The monoisotopic (exact) mass is 597 g/mol. The summed E-state index contributed by atoms with van der Waals surface area (Å²) in [6.07, 6.45) is -2.29. The summed E-state index contributed by atoms with van der Waals surface area (Å²) in [4.78, 5) is 48.7. The highest BCUT2D eigenvalue weighted by Crippen LogP contribution is 2.30. The Labute approximate surface area is 248 Å². The fraction of sp³-hybridized carbons (Fsp3) is 0.667. The van der Waals surface area contributed by atoms with Gasteiger partial charge in [-0.05, 0) is 61.1 Å². The lowest BCUT2D eigenvalue weighted by atomic mass is 9.99. The molecule has 1 rings (SSSR count). The molecule has 0 bridgehead atoms. The van der Waals surface area contributed by atoms with E-state index in [1.54, 1.807) is 13.0 Å². The van der Waals surface area contributed by atoms with Gasteiger partial charge in [-0.15, -0.1) is 0 Å². The van der Waals surface area contributed by atoms with E-state index in [0.29, 0.717) is 30.2 Å². The lowest BCUT2D eigenvalue weighted by Crippen LogP contribution is -2.37. The fourth-order valence-corrected chi connectivity index (χ4v) is 3.00. The van der Waals surface area contributed by atoms with E-state index in [9.17, 15) is 19.2 Å². The van der Waals surface area contributed by atoms with Crippen molar-refractivity contribution in [3.63, 3.8) is 0 Å². The number of hydrogen-bond donors (Lipinski definition) is 1. The summed E-state index contributed by atoms with van der Waals surface area (Å²) >= 11 is 0. The minimum Gasteiger partial charge on any atom is -0.458 e. The van der Waals surface area contributed by atoms with Crippen LogP contribution in [0.25, 0.3) is 0 Å². The third-order valence-corrected chi connectivity index (χ3v) is 5.36. The van der Waals surface area contributed by atoms with Crippen molar-refractivity contribution in [2.45, 2.75) is 86.8 Å². The minimum atomic E-state index is -1.10. The molecule has 0 spiro atoms. The maximum Gasteiger partial charge on any atom is 0.513 e. The van der Waals surface area contributed by atoms with Crippen LogP contribution < -0.4 is 15.2 Å². The lowest BCUT2D eigenvalue weighted by molar-refractivity contribution is -0.152. The number of benzene rings is 1. The van der Waals surface area contributed by atoms with Gasteiger partial charge < -0.3 is 38.9 Å². The average Bonchev–Trinajstić information content (AvgIpc) is 2.86. The van der Waals surface area contributed by atoms with Gasteiger partial charge in [0.25, 0.3) is 0 Å². The Kier molecular flexibility index (Phi) is 15.7. The van der Waals surface area contributed by atoms with E-state index < -0.39 is 36.6 Å². The predicted molar refractivity (Wildman–Crippen MR) is 153 cm³/mol. The van der Waals surface area contributed by atoms with Crippen LogP contribution in [0.1, 0.15) is 73.8 Å². The molecule has 0 unspecified atom stereocenters. The average molecular weight is 598 g/mol. The molecule has 0 heterocycles. The highest BCUT2D eigenvalue weighted by atomic mass is 16.7. The first-order valence-electron chi connectivity index (χ1n) is 14.1. The molecule has 0 fully saturated rings. The summed E-state index contributed by atoms with van der Waals surface area (Å²) in [5.74, 6) is -0.275. The molecule has 1 aromatic carbocycles. The molecule has 42 heavy (non-hydrogen) atoms. The molecule has 12 nitrogen and oxygen atoms in total. The highest BCUT2D eigenvalue weighted by molar-refractivity contribution is 5.76. The minimum absolute atomic E-state index is 0.00208. The standard InChI is InChI=1S/C30H47NO11/c1-19(2)11-13-36-28(34)41-24-10-9-22(16-25(24)42-29(35)37-14-12-20(3)4)15-23(31)26(32)40-21(5)17-38-27(33)39-18-30(6,7)8/h9-10,16,19-21,23H,11-15,17-18,31H2,1-8H3/t21-,23-/m0/s1. The normalized spacial score (nSPS) is 12.7. The fourth-order valence-electron chi connectivity index (χ4n) is 3.00. The SMILES string of the molecule is CC(C)CCOC(=O)Oc1ccc(C[C@H](N)C(=O)O[C@@H](C)COC(=O)OCC(C)(C)C)cc1OC(=O)OCCC(C)C. The van der Waals surface area contributed by atoms with Crippen molar-refractivity contribution in [1.82, 2.24) is 0 Å². The van der Waals surface area contributed by atoms with E-state index in [0.717, 1.165) is 0 Å². The van der Waals surface area contributed by atoms with Crippen LogP contribution in [0.3, 0.4) is 0 Å². The number of carbonyl (C=O) groups excluding carboxylic acids is 4. The summed E-state index contributed by atoms with van der Waals surface area (Å²) < 4.78 is 36.0. The van der Waals surface area contributed by atoms with Gasteiger partial charge in [-0.1, -0.05) is 54.5 Å². The Morgan fingerprint density at radius 3 is 1.83 bits per heavy atom. The van der Waals surface area contributed by atoms with E-state index >= 15 is 0 Å². The van der Waals surface area contributed by atoms with Gasteiger partial charge in [-0.2, -0.15) is 0 Å². The zero-order chi connectivity index (χ0) is 31.9. The molecule has 238 valence electrons. The molecule has 0 aliphatic heterocycles. The van der Waals surface area contributed by atoms with Gasteiger partial charge in [0, 0.05) is 0 Å². The molecular weight excluding hydrogens is 550 g/mol. The Balaban J connectivity index is 2.82. The van der Waals surface area contributed by atoms with Gasteiger partial charge in [0.2, 0.25) is 0 Å². The van der Waals surface area contributed by atoms with Crippen molar-refractivity contribution >= 4 is 24.4 Å². The van der Waals surface area contributed by atoms with E-state index in [2.05, 4.69) is 0 Å². The third-order valence-electron chi connectivity index (χ3n) is 5.36. The van der Waals surface area contributed by atoms with Crippen molar-refractivity contribution in [2.75, 3.05) is 26.4 Å². The molecule has 2 atom stereocenters. The molecule has 0 aromatic heterocycles. The second-order valence-corrected chi connectivity index (χ2v) is 12.0. The third kappa shape index (κ3) is 16.7. The van der Waals surface area contributed by atoms with E-state index in [4.69, 9.17) is 38.9 Å². The number of rotatable bonds is 15. The Bertz CT molecular complexity index is 1020. The van der Waals surface area contributed by atoms with E-state index in [1.165, 1.54) is 12.1 Å². The van der Waals surface area contributed by atoms with Gasteiger partial charge in [0.15, 0.2) is 11.5 Å². The van der Waals surface area contributed by atoms with E-state index in [-0.39, 0.29) is 49.8 Å². The quantitative estimate of drug-likeness (QED) is 0.147. The van der Waals surface area contributed by atoms with Crippen molar-refractivity contribution in [3.05, 3.63) is 23.8 Å². The van der Waals surface area contributed by atoms with Crippen LogP contribution >= 0.6 is 0 Å². The van der Waals surface area contributed by atoms with Crippen molar-refractivity contribution in [1.29, 1.82) is 0 Å². The van der Waals surface area contributed by atoms with E-state index in [1.807, 2.05) is 48.5 Å². The summed E-state index contributed by atoms with van der Waals surface area (Å²) in [6, 6.07) is 3.26. The summed E-state index contributed by atoms with van der Waals surface area (Å²) in [7, 11) is 0. The van der Waals surface area contributed by atoms with Crippen LogP contribution in [0.2, 0.25) is 0 Å². The number of ether oxygens (including phenoxy) is 7. The first-order valence-corrected chi connectivity index (χ1v) is 14.1. The largest absolute Gasteiger partial charge is 0.513 e. The molecule has 0 saturated carbocycles. The number of carbonyl (C=O) groups is 4. The first kappa shape index (κ1) is 36.5. The van der Waals surface area contributed by atoms with Crippen molar-refractivity contribution in [3.8, 4) is 11.5 Å². The van der Waals surface area contributed by atoms with Crippen LogP contribution in [0.4, 0.5) is 14.4 Å². The van der Waals surface area contributed by atoms with Crippen LogP contribution in [-0.2, 0) is 34.9 Å². The Morgan fingerprint density at radius 2 is 1.31 bits per heavy atom. The van der Waals surface area contributed by atoms with Crippen LogP contribution in [0.15, 0.2) is 18.2 Å². The molecule has 0 aliphatic carbocycles. The van der Waals surface area contributed by atoms with Gasteiger partial charge in [0.05, 0.1) is 19.8 Å². The summed E-state index contributed by atoms with van der Waals surface area (Å²) in [5.41, 5.74) is 6.32. The van der Waals surface area contributed by atoms with Crippen LogP contribution in [-0.4, -0.2) is 63.0 Å². The molecule has 0 amide bonds. The molecular formula is C30H47NO11. The maximum atomic E-state index is 12.5. The first-order chi connectivity index (χ1) is 19.6. The molecule has 0 aliphatic rings.